The van der Waals surface area contributed by atoms with Crippen molar-refractivity contribution >= 4 is 18.0 Å². The maximum absolute atomic E-state index is 13.3. The molecule has 0 aromatic carbocycles. The van der Waals surface area contributed by atoms with Gasteiger partial charge in [-0.05, 0) is 66.0 Å². The molecule has 3 heterocycles. The summed E-state index contributed by atoms with van der Waals surface area (Å²) in [7, 11) is 7.44. The summed E-state index contributed by atoms with van der Waals surface area (Å²) in [5.41, 5.74) is 5.41. The fourth-order valence-corrected chi connectivity index (χ4v) is 5.66. The van der Waals surface area contributed by atoms with Crippen molar-refractivity contribution in [3.05, 3.63) is 47.8 Å². The standard InChI is InChI=1S/C30H44N2O9.C3H9N.5H2/c1-16-10-11-21-14-23(37-7)28(35)39-24(20(5)38-29(31)36)17(2)13-19(4)30(21,6)41-26(16)25(18(3)15-33)40-27(34)22-9-8-12-32-22;1-4(2)3;;;;;/h8-13,16-18,20-21,23-26,32-33H,14-15H2,1-7H3,(H2,31,36);1-3H3;5*1H/b19-13+;;;;;;/t16?,17-,18-,20-,21-,23+,24+,25-,26-,30+;;;;;;/m1....../s1. The van der Waals surface area contributed by atoms with E-state index >= 15 is 0 Å². The Morgan fingerprint density at radius 2 is 1.82 bits per heavy atom. The SMILES string of the molecule is CN(C)C.CO[C@H]1C[C@H]2C=CC(C)[C@H]([C@H](OC(=O)c3ccc[nH]3)[C@H](C)CO)O[C@@]2(C)/C(C)=C/[C@@H](C)[C@@H]([C@@H](C)OC(N)=O)OC1=O.[HH].[HH].[HH].[HH].[HH]. The van der Waals surface area contributed by atoms with Crippen LogP contribution in [0.1, 0.15) is 65.6 Å². The van der Waals surface area contributed by atoms with E-state index in [9.17, 15) is 19.5 Å². The van der Waals surface area contributed by atoms with Crippen LogP contribution in [0.15, 0.2) is 42.1 Å². The molecule has 45 heavy (non-hydrogen) atoms. The molecule has 2 aliphatic rings. The number of carbonyl (C=O) groups is 3. The van der Waals surface area contributed by atoms with Gasteiger partial charge in [-0.25, -0.2) is 14.4 Å². The molecule has 3 rings (SSSR count). The van der Waals surface area contributed by atoms with Gasteiger partial charge in [-0.2, -0.15) is 0 Å². The molecule has 10 atom stereocenters. The molecule has 0 spiro atoms. The number of fused-ring (bicyclic) bond motifs is 1. The first kappa shape index (κ1) is 38.0. The normalized spacial score (nSPS) is 31.8. The Bertz CT molecular complexity index is 1190. The maximum Gasteiger partial charge on any atom is 0.404 e. The highest BCUT2D eigenvalue weighted by molar-refractivity contribution is 5.87. The molecule has 2 aliphatic heterocycles. The minimum Gasteiger partial charge on any atom is -0.456 e. The molecule has 12 nitrogen and oxygen atoms in total. The van der Waals surface area contributed by atoms with E-state index in [0.29, 0.717) is 5.69 Å². The van der Waals surface area contributed by atoms with Crippen LogP contribution in [0.4, 0.5) is 4.79 Å². The van der Waals surface area contributed by atoms with Gasteiger partial charge in [0.05, 0.1) is 5.60 Å². The summed E-state index contributed by atoms with van der Waals surface area (Å²) in [6, 6.07) is 3.33. The topological polar surface area (TPSA) is 163 Å². The first-order valence-corrected chi connectivity index (χ1v) is 15.4. The van der Waals surface area contributed by atoms with E-state index in [4.69, 9.17) is 29.4 Å². The number of carbonyl (C=O) groups excluding carboxylic acids is 3. The van der Waals surface area contributed by atoms with Gasteiger partial charge >= 0.3 is 18.0 Å². The lowest BCUT2D eigenvalue weighted by Gasteiger charge is -2.44. The van der Waals surface area contributed by atoms with Crippen LogP contribution in [0, 0.1) is 23.7 Å². The molecule has 0 saturated carbocycles. The lowest BCUT2D eigenvalue weighted by atomic mass is 9.77. The Kier molecular flexibility index (Phi) is 14.3. The van der Waals surface area contributed by atoms with Crippen molar-refractivity contribution in [2.24, 2.45) is 29.4 Å². The molecule has 0 aliphatic carbocycles. The zero-order valence-corrected chi connectivity index (χ0v) is 28.3. The summed E-state index contributed by atoms with van der Waals surface area (Å²) in [5.74, 6) is -2.51. The molecule has 1 aromatic rings. The smallest absolute Gasteiger partial charge is 0.404 e. The first-order chi connectivity index (χ1) is 21.0. The molecule has 12 heteroatoms. The Morgan fingerprint density at radius 3 is 2.36 bits per heavy atom. The van der Waals surface area contributed by atoms with Crippen LogP contribution in [0.5, 0.6) is 0 Å². The third-order valence-corrected chi connectivity index (χ3v) is 8.33. The van der Waals surface area contributed by atoms with Crippen molar-refractivity contribution in [2.45, 2.75) is 84.1 Å². The number of cyclic esters (lactones) is 1. The summed E-state index contributed by atoms with van der Waals surface area (Å²) < 4.78 is 29.5. The number of hydrogen-bond acceptors (Lipinski definition) is 10. The predicted molar refractivity (Wildman–Crippen MR) is 180 cm³/mol. The Morgan fingerprint density at radius 1 is 1.18 bits per heavy atom. The number of H-pyrrole nitrogens is 1. The highest BCUT2D eigenvalue weighted by Crippen LogP contribution is 2.42. The molecular formula is C33H63N3O9. The molecule has 1 amide bonds. The number of amides is 1. The maximum atomic E-state index is 13.3. The van der Waals surface area contributed by atoms with Gasteiger partial charge in [0.2, 0.25) is 0 Å². The Hall–Kier alpha value is -3.19. The fourth-order valence-electron chi connectivity index (χ4n) is 5.66. The van der Waals surface area contributed by atoms with Crippen molar-refractivity contribution in [1.29, 1.82) is 0 Å². The number of nitrogens with zero attached hydrogens (tertiary/aromatic N) is 1. The van der Waals surface area contributed by atoms with Crippen LogP contribution in [0.3, 0.4) is 0 Å². The van der Waals surface area contributed by atoms with Crippen LogP contribution in [0.2, 0.25) is 0 Å². The number of aromatic nitrogens is 1. The molecular weight excluding hydrogens is 582 g/mol. The van der Waals surface area contributed by atoms with Crippen LogP contribution in [0.25, 0.3) is 0 Å². The lowest BCUT2D eigenvalue weighted by molar-refractivity contribution is -0.175. The number of ether oxygens (including phenoxy) is 5. The number of nitrogens with one attached hydrogen (secondary N) is 1. The lowest BCUT2D eigenvalue weighted by Crippen LogP contribution is -2.51. The largest absolute Gasteiger partial charge is 0.456 e. The van der Waals surface area contributed by atoms with Crippen molar-refractivity contribution in [1.82, 2.24) is 9.88 Å². The number of methoxy groups -OCH3 is 1. The van der Waals surface area contributed by atoms with Crippen molar-refractivity contribution in [3.63, 3.8) is 0 Å². The van der Waals surface area contributed by atoms with Gasteiger partial charge in [0.1, 0.15) is 30.1 Å². The minimum absolute atomic E-state index is 0. The molecule has 1 unspecified atom stereocenters. The van der Waals surface area contributed by atoms with Gasteiger partial charge in [0.25, 0.3) is 0 Å². The van der Waals surface area contributed by atoms with Crippen molar-refractivity contribution < 1.29 is 50.3 Å². The van der Waals surface area contributed by atoms with E-state index in [0.717, 1.165) is 5.57 Å². The number of esters is 2. The third kappa shape index (κ3) is 10.2. The number of rotatable bonds is 8. The monoisotopic (exact) mass is 645 g/mol. The summed E-state index contributed by atoms with van der Waals surface area (Å²) in [5, 5.41) is 10.1. The summed E-state index contributed by atoms with van der Waals surface area (Å²) in [6.07, 6.45) is 2.84. The zero-order valence-electron chi connectivity index (χ0n) is 28.3. The molecule has 4 N–H and O–H groups in total. The van der Waals surface area contributed by atoms with Gasteiger partial charge in [-0.15, -0.1) is 0 Å². The number of aliphatic hydroxyl groups is 1. The highest BCUT2D eigenvalue weighted by atomic mass is 16.6. The number of aromatic amines is 1. The fraction of sp³-hybridized carbons (Fsp3) is 0.667. The Labute approximate surface area is 274 Å². The highest BCUT2D eigenvalue weighted by Gasteiger charge is 2.48. The molecule has 0 saturated heterocycles. The average Bonchev–Trinajstić information content (AvgIpc) is 3.47. The van der Waals surface area contributed by atoms with Gasteiger partial charge in [-0.3, -0.25) is 0 Å². The summed E-state index contributed by atoms with van der Waals surface area (Å²) in [4.78, 5) is 42.6. The molecule has 0 bridgehead atoms. The van der Waals surface area contributed by atoms with Crippen LogP contribution in [-0.2, 0) is 28.5 Å². The number of aliphatic hydroxyl groups excluding tert-OH is 1. The zero-order chi connectivity index (χ0) is 34.1. The first-order valence-electron chi connectivity index (χ1n) is 15.4. The van der Waals surface area contributed by atoms with Crippen LogP contribution >= 0.6 is 0 Å². The second-order valence-corrected chi connectivity index (χ2v) is 12.7. The van der Waals surface area contributed by atoms with Crippen LogP contribution < -0.4 is 5.73 Å². The summed E-state index contributed by atoms with van der Waals surface area (Å²) in [6.45, 7) is 10.9. The quantitative estimate of drug-likeness (QED) is 0.201. The van der Waals surface area contributed by atoms with Gasteiger partial charge in [0, 0.05) is 50.7 Å². The van der Waals surface area contributed by atoms with E-state index in [1.807, 2.05) is 72.0 Å². The minimum atomic E-state index is -0.973. The van der Waals surface area contributed by atoms with Crippen LogP contribution in [-0.4, -0.2) is 104 Å². The van der Waals surface area contributed by atoms with E-state index in [-0.39, 0.29) is 32.0 Å². The number of hydrogen-bond donors (Lipinski definition) is 3. The number of nitrogens with two attached hydrogens (primary N) is 1. The van der Waals surface area contributed by atoms with Gasteiger partial charge in [0.15, 0.2) is 6.10 Å². The van der Waals surface area contributed by atoms with Gasteiger partial charge < -0.3 is 44.4 Å². The van der Waals surface area contributed by atoms with Gasteiger partial charge in [-0.1, -0.05) is 39.0 Å². The summed E-state index contributed by atoms with van der Waals surface area (Å²) >= 11 is 0. The molecule has 1 aromatic heterocycles. The molecule has 264 valence electrons. The van der Waals surface area contributed by atoms with E-state index in [1.54, 1.807) is 32.2 Å². The third-order valence-electron chi connectivity index (χ3n) is 8.33. The second kappa shape index (κ2) is 16.9. The van der Waals surface area contributed by atoms with E-state index in [2.05, 4.69) is 4.98 Å². The second-order valence-electron chi connectivity index (χ2n) is 12.7. The predicted octanol–water partition coefficient (Wildman–Crippen LogP) is 4.94. The van der Waals surface area contributed by atoms with Crippen molar-refractivity contribution in [2.75, 3.05) is 34.9 Å². The van der Waals surface area contributed by atoms with E-state index in [1.165, 1.54) is 7.11 Å². The van der Waals surface area contributed by atoms with E-state index < -0.39 is 66.0 Å². The van der Waals surface area contributed by atoms with Crippen molar-refractivity contribution in [3.8, 4) is 0 Å². The number of primary amides is 1. The Balaban J connectivity index is -0.00000111. The molecule has 0 fully saturated rings. The average molecular weight is 646 g/mol. The molecule has 0 radical (unpaired) electrons.